The number of aryl methyl sites for hydroxylation is 2. The lowest BCUT2D eigenvalue weighted by Crippen LogP contribution is -2.36. The monoisotopic (exact) mass is 424 g/mol. The van der Waals surface area contributed by atoms with E-state index in [1.54, 1.807) is 7.11 Å². The van der Waals surface area contributed by atoms with Crippen LogP contribution in [0.4, 0.5) is 0 Å². The fraction of sp³-hybridized carbons (Fsp3) is 0.348. The predicted octanol–water partition coefficient (Wildman–Crippen LogP) is 3.72. The number of benzene rings is 2. The number of amides is 1. The van der Waals surface area contributed by atoms with Gasteiger partial charge in [0.2, 0.25) is 5.91 Å². The minimum absolute atomic E-state index is 0.0334. The van der Waals surface area contributed by atoms with Gasteiger partial charge in [0.15, 0.2) is 5.16 Å². The SMILES string of the molecule is COCC(C)NC(=O)CSc1nnc(Cc2ccccc2)n1-c1ccc(C)cc1C. The van der Waals surface area contributed by atoms with Gasteiger partial charge in [-0.3, -0.25) is 9.36 Å². The van der Waals surface area contributed by atoms with E-state index in [2.05, 4.69) is 64.3 Å². The molecule has 158 valence electrons. The number of carbonyl (C=O) groups excluding carboxylic acids is 1. The number of thioether (sulfide) groups is 1. The van der Waals surface area contributed by atoms with Gasteiger partial charge in [0.05, 0.1) is 18.0 Å². The molecule has 1 heterocycles. The molecule has 2 aromatic carbocycles. The summed E-state index contributed by atoms with van der Waals surface area (Å²) in [7, 11) is 1.62. The van der Waals surface area contributed by atoms with E-state index in [0.29, 0.717) is 18.2 Å². The number of nitrogens with zero attached hydrogens (tertiary/aromatic N) is 3. The number of methoxy groups -OCH3 is 1. The lowest BCUT2D eigenvalue weighted by molar-refractivity contribution is -0.119. The van der Waals surface area contributed by atoms with Crippen LogP contribution in [0.3, 0.4) is 0 Å². The summed E-state index contributed by atoms with van der Waals surface area (Å²) in [4.78, 5) is 12.3. The van der Waals surface area contributed by atoms with Crippen molar-refractivity contribution in [3.05, 3.63) is 71.0 Å². The van der Waals surface area contributed by atoms with Crippen molar-refractivity contribution < 1.29 is 9.53 Å². The molecule has 1 N–H and O–H groups in total. The molecule has 0 saturated carbocycles. The smallest absolute Gasteiger partial charge is 0.230 e. The highest BCUT2D eigenvalue weighted by Crippen LogP contribution is 2.26. The molecule has 0 aliphatic carbocycles. The predicted molar refractivity (Wildman–Crippen MR) is 120 cm³/mol. The van der Waals surface area contributed by atoms with Crippen molar-refractivity contribution in [1.82, 2.24) is 20.1 Å². The Hall–Kier alpha value is -2.64. The van der Waals surface area contributed by atoms with Crippen LogP contribution in [0.1, 0.15) is 29.4 Å². The van der Waals surface area contributed by atoms with Crippen LogP contribution < -0.4 is 5.32 Å². The minimum atomic E-state index is -0.0515. The van der Waals surface area contributed by atoms with Crippen LogP contribution in [-0.2, 0) is 16.0 Å². The Morgan fingerprint density at radius 2 is 1.93 bits per heavy atom. The highest BCUT2D eigenvalue weighted by molar-refractivity contribution is 7.99. The van der Waals surface area contributed by atoms with E-state index in [-0.39, 0.29) is 17.7 Å². The van der Waals surface area contributed by atoms with Gasteiger partial charge in [0.1, 0.15) is 5.82 Å². The van der Waals surface area contributed by atoms with E-state index in [1.807, 2.05) is 25.1 Å². The Morgan fingerprint density at radius 1 is 1.17 bits per heavy atom. The zero-order valence-corrected chi connectivity index (χ0v) is 18.7. The molecule has 1 unspecified atom stereocenters. The van der Waals surface area contributed by atoms with Crippen LogP contribution in [-0.4, -0.2) is 46.2 Å². The maximum absolute atomic E-state index is 12.3. The second-order valence-electron chi connectivity index (χ2n) is 7.40. The Labute approximate surface area is 182 Å². The largest absolute Gasteiger partial charge is 0.383 e. The van der Waals surface area contributed by atoms with Crippen LogP contribution in [0.5, 0.6) is 0 Å². The molecule has 0 bridgehead atoms. The van der Waals surface area contributed by atoms with Gasteiger partial charge in [0, 0.05) is 19.6 Å². The molecule has 3 rings (SSSR count). The molecular formula is C23H28N4O2S. The second kappa shape index (κ2) is 10.4. The summed E-state index contributed by atoms with van der Waals surface area (Å²) in [6.07, 6.45) is 0.665. The molecule has 0 radical (unpaired) electrons. The Morgan fingerprint density at radius 3 is 2.63 bits per heavy atom. The fourth-order valence-electron chi connectivity index (χ4n) is 3.32. The third-order valence-electron chi connectivity index (χ3n) is 4.66. The summed E-state index contributed by atoms with van der Waals surface area (Å²) in [6, 6.07) is 16.5. The number of rotatable bonds is 9. The Kier molecular flexibility index (Phi) is 7.65. The van der Waals surface area contributed by atoms with Gasteiger partial charge in [-0.05, 0) is 38.0 Å². The minimum Gasteiger partial charge on any atom is -0.383 e. The van der Waals surface area contributed by atoms with Gasteiger partial charge in [-0.2, -0.15) is 0 Å². The number of ether oxygens (including phenoxy) is 1. The summed E-state index contributed by atoms with van der Waals surface area (Å²) in [5.41, 5.74) is 4.55. The molecule has 1 atom stereocenters. The van der Waals surface area contributed by atoms with E-state index in [9.17, 15) is 4.79 Å². The standard InChI is InChI=1S/C23H28N4O2S/c1-16-10-11-20(17(2)12-16)27-21(13-19-8-6-5-7-9-19)25-26-23(27)30-15-22(28)24-18(3)14-29-4/h5-12,18H,13-15H2,1-4H3,(H,24,28). The van der Waals surface area contributed by atoms with Crippen molar-refractivity contribution in [3.8, 4) is 5.69 Å². The number of aromatic nitrogens is 3. The highest BCUT2D eigenvalue weighted by atomic mass is 32.2. The van der Waals surface area contributed by atoms with Crippen molar-refractivity contribution >= 4 is 17.7 Å². The van der Waals surface area contributed by atoms with Crippen molar-refractivity contribution in [2.75, 3.05) is 19.5 Å². The summed E-state index contributed by atoms with van der Waals surface area (Å²) in [6.45, 7) is 6.57. The number of hydrogen-bond donors (Lipinski definition) is 1. The average Bonchev–Trinajstić information content (AvgIpc) is 3.09. The molecule has 0 aliphatic heterocycles. The van der Waals surface area contributed by atoms with Crippen LogP contribution in [0.2, 0.25) is 0 Å². The van der Waals surface area contributed by atoms with Gasteiger partial charge < -0.3 is 10.1 Å². The lowest BCUT2D eigenvalue weighted by atomic mass is 10.1. The molecule has 0 saturated heterocycles. The van der Waals surface area contributed by atoms with Gasteiger partial charge in [-0.25, -0.2) is 0 Å². The number of hydrogen-bond acceptors (Lipinski definition) is 5. The fourth-order valence-corrected chi connectivity index (χ4v) is 4.10. The van der Waals surface area contributed by atoms with Crippen molar-refractivity contribution in [1.29, 1.82) is 0 Å². The zero-order chi connectivity index (χ0) is 21.5. The van der Waals surface area contributed by atoms with E-state index in [0.717, 1.165) is 17.1 Å². The maximum atomic E-state index is 12.3. The molecule has 0 fully saturated rings. The van der Waals surface area contributed by atoms with Crippen molar-refractivity contribution in [3.63, 3.8) is 0 Å². The number of carbonyl (C=O) groups is 1. The lowest BCUT2D eigenvalue weighted by Gasteiger charge is -2.15. The van der Waals surface area contributed by atoms with Gasteiger partial charge in [-0.1, -0.05) is 59.8 Å². The quantitative estimate of drug-likeness (QED) is 0.530. The Bertz CT molecular complexity index is 988. The van der Waals surface area contributed by atoms with Gasteiger partial charge in [0.25, 0.3) is 0 Å². The first-order valence-electron chi connectivity index (χ1n) is 9.95. The van der Waals surface area contributed by atoms with Crippen LogP contribution in [0, 0.1) is 13.8 Å². The van der Waals surface area contributed by atoms with Crippen molar-refractivity contribution in [2.45, 2.75) is 38.4 Å². The van der Waals surface area contributed by atoms with E-state index in [1.165, 1.54) is 22.9 Å². The van der Waals surface area contributed by atoms with Gasteiger partial charge >= 0.3 is 0 Å². The van der Waals surface area contributed by atoms with E-state index >= 15 is 0 Å². The molecule has 0 spiro atoms. The molecule has 1 amide bonds. The van der Waals surface area contributed by atoms with Crippen LogP contribution in [0.25, 0.3) is 5.69 Å². The van der Waals surface area contributed by atoms with Gasteiger partial charge in [-0.15, -0.1) is 10.2 Å². The van der Waals surface area contributed by atoms with E-state index < -0.39 is 0 Å². The third kappa shape index (κ3) is 5.70. The summed E-state index contributed by atoms with van der Waals surface area (Å²) in [5, 5.41) is 12.5. The van der Waals surface area contributed by atoms with Crippen LogP contribution >= 0.6 is 11.8 Å². The first-order chi connectivity index (χ1) is 14.5. The molecular weight excluding hydrogens is 396 g/mol. The molecule has 30 heavy (non-hydrogen) atoms. The first-order valence-corrected chi connectivity index (χ1v) is 10.9. The first kappa shape index (κ1) is 22.1. The molecule has 6 nitrogen and oxygen atoms in total. The molecule has 1 aromatic heterocycles. The normalized spacial score (nSPS) is 12.0. The summed E-state index contributed by atoms with van der Waals surface area (Å²) in [5.74, 6) is 1.07. The highest BCUT2D eigenvalue weighted by Gasteiger charge is 2.18. The molecule has 7 heteroatoms. The Balaban J connectivity index is 1.86. The topological polar surface area (TPSA) is 69.0 Å². The second-order valence-corrected chi connectivity index (χ2v) is 8.34. The zero-order valence-electron chi connectivity index (χ0n) is 17.9. The molecule has 3 aromatic rings. The van der Waals surface area contributed by atoms with E-state index in [4.69, 9.17) is 4.74 Å². The third-order valence-corrected chi connectivity index (χ3v) is 5.58. The molecule has 0 aliphatic rings. The van der Waals surface area contributed by atoms with Crippen LogP contribution in [0.15, 0.2) is 53.7 Å². The maximum Gasteiger partial charge on any atom is 0.230 e. The number of nitrogens with one attached hydrogen (secondary N) is 1. The summed E-state index contributed by atoms with van der Waals surface area (Å²) < 4.78 is 7.15. The average molecular weight is 425 g/mol. The summed E-state index contributed by atoms with van der Waals surface area (Å²) >= 11 is 1.39. The van der Waals surface area contributed by atoms with Crippen molar-refractivity contribution in [2.24, 2.45) is 0 Å².